The molecule has 0 bridgehead atoms. The van der Waals surface area contributed by atoms with E-state index in [9.17, 15) is 4.79 Å². The SMILES string of the molecule is COc1cc(C(C)C)nc(C(=O)c2ccccc2Cl)n1. The zero-order valence-corrected chi connectivity index (χ0v) is 12.3. The monoisotopic (exact) mass is 290 g/mol. The quantitative estimate of drug-likeness (QED) is 0.809. The molecule has 0 unspecified atom stereocenters. The van der Waals surface area contributed by atoms with Crippen molar-refractivity contribution in [3.63, 3.8) is 0 Å². The highest BCUT2D eigenvalue weighted by Gasteiger charge is 2.18. The standard InChI is InChI=1S/C15H15ClN2O2/c1-9(2)12-8-13(20-3)18-15(17-12)14(19)10-6-4-5-7-11(10)16/h4-9H,1-3H3. The number of hydrogen-bond acceptors (Lipinski definition) is 4. The van der Waals surface area contributed by atoms with Gasteiger partial charge in [0.15, 0.2) is 0 Å². The Hall–Kier alpha value is -1.94. The Morgan fingerprint density at radius 2 is 1.95 bits per heavy atom. The first-order valence-corrected chi connectivity index (χ1v) is 6.63. The number of methoxy groups -OCH3 is 1. The lowest BCUT2D eigenvalue weighted by atomic mass is 10.1. The Labute approximate surface area is 122 Å². The summed E-state index contributed by atoms with van der Waals surface area (Å²) in [4.78, 5) is 20.9. The van der Waals surface area contributed by atoms with Crippen molar-refractivity contribution in [2.24, 2.45) is 0 Å². The van der Waals surface area contributed by atoms with Crippen LogP contribution in [0.2, 0.25) is 5.02 Å². The molecule has 5 heteroatoms. The van der Waals surface area contributed by atoms with Crippen molar-refractivity contribution in [2.45, 2.75) is 19.8 Å². The van der Waals surface area contributed by atoms with Gasteiger partial charge in [-0.2, -0.15) is 4.98 Å². The molecule has 104 valence electrons. The predicted molar refractivity (Wildman–Crippen MR) is 77.6 cm³/mol. The molecule has 0 amide bonds. The highest BCUT2D eigenvalue weighted by atomic mass is 35.5. The summed E-state index contributed by atoms with van der Waals surface area (Å²) in [6.45, 7) is 3.98. The number of nitrogens with zero attached hydrogens (tertiary/aromatic N) is 2. The van der Waals surface area contributed by atoms with Gasteiger partial charge in [0.05, 0.1) is 17.8 Å². The fourth-order valence-electron chi connectivity index (χ4n) is 1.71. The Bertz CT molecular complexity index is 642. The van der Waals surface area contributed by atoms with Gasteiger partial charge in [0.1, 0.15) is 0 Å². The van der Waals surface area contributed by atoms with Crippen LogP contribution in [0.5, 0.6) is 5.88 Å². The number of aromatic nitrogens is 2. The summed E-state index contributed by atoms with van der Waals surface area (Å²) in [5, 5.41) is 0.384. The van der Waals surface area contributed by atoms with Crippen LogP contribution in [0.3, 0.4) is 0 Å². The normalized spacial score (nSPS) is 10.7. The van der Waals surface area contributed by atoms with Gasteiger partial charge in [-0.1, -0.05) is 37.6 Å². The van der Waals surface area contributed by atoms with Crippen LogP contribution >= 0.6 is 11.6 Å². The van der Waals surface area contributed by atoms with Gasteiger partial charge >= 0.3 is 0 Å². The highest BCUT2D eigenvalue weighted by molar-refractivity contribution is 6.34. The number of ketones is 1. The molecule has 20 heavy (non-hydrogen) atoms. The maximum atomic E-state index is 12.4. The van der Waals surface area contributed by atoms with Crippen molar-refractivity contribution >= 4 is 17.4 Å². The smallest absolute Gasteiger partial charge is 0.231 e. The summed E-state index contributed by atoms with van der Waals surface area (Å²) >= 11 is 6.04. The van der Waals surface area contributed by atoms with Gasteiger partial charge in [-0.25, -0.2) is 4.98 Å². The predicted octanol–water partition coefficient (Wildman–Crippen LogP) is 3.49. The van der Waals surface area contributed by atoms with Crippen LogP contribution in [0.15, 0.2) is 30.3 Å². The van der Waals surface area contributed by atoms with Crippen molar-refractivity contribution in [1.82, 2.24) is 9.97 Å². The highest BCUT2D eigenvalue weighted by Crippen LogP contribution is 2.21. The maximum absolute atomic E-state index is 12.4. The third-order valence-corrected chi connectivity index (χ3v) is 3.17. The van der Waals surface area contributed by atoms with E-state index in [1.54, 1.807) is 30.3 Å². The Morgan fingerprint density at radius 3 is 2.55 bits per heavy atom. The van der Waals surface area contributed by atoms with E-state index in [-0.39, 0.29) is 17.5 Å². The topological polar surface area (TPSA) is 52.1 Å². The van der Waals surface area contributed by atoms with E-state index < -0.39 is 0 Å². The second-order valence-corrected chi connectivity index (χ2v) is 5.03. The van der Waals surface area contributed by atoms with Gasteiger partial charge in [-0.15, -0.1) is 0 Å². The van der Waals surface area contributed by atoms with E-state index in [0.717, 1.165) is 5.69 Å². The Balaban J connectivity index is 2.49. The minimum Gasteiger partial charge on any atom is -0.481 e. The number of rotatable bonds is 4. The molecule has 0 N–H and O–H groups in total. The van der Waals surface area contributed by atoms with E-state index in [1.807, 2.05) is 13.8 Å². The first-order chi connectivity index (χ1) is 9.52. The molecular formula is C15H15ClN2O2. The molecule has 0 fully saturated rings. The average Bonchev–Trinajstić information content (AvgIpc) is 2.46. The Kier molecular flexibility index (Phi) is 4.35. The van der Waals surface area contributed by atoms with E-state index in [0.29, 0.717) is 16.5 Å². The molecule has 0 aliphatic carbocycles. The summed E-state index contributed by atoms with van der Waals surface area (Å²) in [7, 11) is 1.51. The second-order valence-electron chi connectivity index (χ2n) is 4.62. The largest absolute Gasteiger partial charge is 0.481 e. The lowest BCUT2D eigenvalue weighted by Gasteiger charge is -2.09. The summed E-state index contributed by atoms with van der Waals surface area (Å²) in [5.74, 6) is 0.335. The van der Waals surface area contributed by atoms with E-state index in [2.05, 4.69) is 9.97 Å². The summed E-state index contributed by atoms with van der Waals surface area (Å²) in [6, 6.07) is 8.57. The average molecular weight is 291 g/mol. The molecule has 0 atom stereocenters. The summed E-state index contributed by atoms with van der Waals surface area (Å²) < 4.78 is 5.13. The van der Waals surface area contributed by atoms with Gasteiger partial charge in [0.25, 0.3) is 0 Å². The van der Waals surface area contributed by atoms with Crippen molar-refractivity contribution in [1.29, 1.82) is 0 Å². The molecule has 0 radical (unpaired) electrons. The van der Waals surface area contributed by atoms with Crippen LogP contribution < -0.4 is 4.74 Å². The molecule has 1 heterocycles. The van der Waals surface area contributed by atoms with Gasteiger partial charge in [-0.3, -0.25) is 4.79 Å². The molecule has 0 saturated carbocycles. The number of carbonyl (C=O) groups is 1. The fourth-order valence-corrected chi connectivity index (χ4v) is 1.93. The number of ether oxygens (including phenoxy) is 1. The molecular weight excluding hydrogens is 276 g/mol. The molecule has 4 nitrogen and oxygen atoms in total. The molecule has 0 aliphatic heterocycles. The molecule has 0 aliphatic rings. The minimum absolute atomic E-state index is 0.0983. The van der Waals surface area contributed by atoms with Crippen LogP contribution in [-0.2, 0) is 0 Å². The van der Waals surface area contributed by atoms with Gasteiger partial charge < -0.3 is 4.74 Å². The third-order valence-electron chi connectivity index (χ3n) is 2.84. The first kappa shape index (κ1) is 14.5. The van der Waals surface area contributed by atoms with Crippen molar-refractivity contribution < 1.29 is 9.53 Å². The molecule has 1 aromatic carbocycles. The number of carbonyl (C=O) groups excluding carboxylic acids is 1. The van der Waals surface area contributed by atoms with Gasteiger partial charge in [-0.05, 0) is 18.1 Å². The minimum atomic E-state index is -0.309. The second kappa shape index (κ2) is 6.01. The van der Waals surface area contributed by atoms with Crippen molar-refractivity contribution in [3.8, 4) is 5.88 Å². The first-order valence-electron chi connectivity index (χ1n) is 6.25. The van der Waals surface area contributed by atoms with Crippen LogP contribution in [0, 0.1) is 0 Å². The third kappa shape index (κ3) is 2.96. The molecule has 0 saturated heterocycles. The van der Waals surface area contributed by atoms with Crippen molar-refractivity contribution in [3.05, 3.63) is 52.4 Å². The van der Waals surface area contributed by atoms with Crippen LogP contribution in [0.1, 0.15) is 41.6 Å². The molecule has 2 rings (SSSR count). The lowest BCUT2D eigenvalue weighted by Crippen LogP contribution is -2.11. The fraction of sp³-hybridized carbons (Fsp3) is 0.267. The van der Waals surface area contributed by atoms with E-state index >= 15 is 0 Å². The van der Waals surface area contributed by atoms with E-state index in [4.69, 9.17) is 16.3 Å². The number of hydrogen-bond donors (Lipinski definition) is 0. The Morgan fingerprint density at radius 1 is 1.25 bits per heavy atom. The van der Waals surface area contributed by atoms with Crippen molar-refractivity contribution in [2.75, 3.05) is 7.11 Å². The van der Waals surface area contributed by atoms with E-state index in [1.165, 1.54) is 7.11 Å². The molecule has 2 aromatic rings. The number of benzene rings is 1. The lowest BCUT2D eigenvalue weighted by molar-refractivity contribution is 0.102. The zero-order chi connectivity index (χ0) is 14.7. The van der Waals surface area contributed by atoms with Gasteiger partial charge in [0, 0.05) is 11.6 Å². The maximum Gasteiger partial charge on any atom is 0.231 e. The molecule has 1 aromatic heterocycles. The zero-order valence-electron chi connectivity index (χ0n) is 11.6. The summed E-state index contributed by atoms with van der Waals surface area (Å²) in [6.07, 6.45) is 0. The van der Waals surface area contributed by atoms with Crippen LogP contribution in [-0.4, -0.2) is 22.9 Å². The van der Waals surface area contributed by atoms with Gasteiger partial charge in [0.2, 0.25) is 17.5 Å². The molecule has 0 spiro atoms. The summed E-state index contributed by atoms with van der Waals surface area (Å²) in [5.41, 5.74) is 1.14. The van der Waals surface area contributed by atoms with Crippen LogP contribution in [0.4, 0.5) is 0 Å². The number of halogens is 1. The van der Waals surface area contributed by atoms with Crippen LogP contribution in [0.25, 0.3) is 0 Å².